The van der Waals surface area contributed by atoms with E-state index in [2.05, 4.69) is 25.9 Å². The number of carbonyl (C=O) groups excluding carboxylic acids is 1. The van der Waals surface area contributed by atoms with E-state index in [9.17, 15) is 14.7 Å². The van der Waals surface area contributed by atoms with E-state index in [1.54, 1.807) is 12.1 Å². The van der Waals surface area contributed by atoms with Crippen LogP contribution >= 0.6 is 0 Å². The second-order valence-corrected chi connectivity index (χ2v) is 5.14. The standard InChI is InChI=1S/C14H16N6O3/c15-14-19-11-10(12(21)20-14)18-9(6-17-11)5-16-8-3-1-7(2-4-8)13(22)23/h1-4,9,16,18H,5-6H2,(H,22,23)(H4,15,17,19,20,21)/p-1/t9-/m0/s1. The summed E-state index contributed by atoms with van der Waals surface area (Å²) in [6, 6.07) is 6.21. The van der Waals surface area contributed by atoms with Crippen LogP contribution in [0, 0.1) is 0 Å². The minimum Gasteiger partial charge on any atom is -0.545 e. The molecule has 0 aliphatic carbocycles. The summed E-state index contributed by atoms with van der Waals surface area (Å²) in [6.07, 6.45) is 0. The van der Waals surface area contributed by atoms with Gasteiger partial charge in [-0.15, -0.1) is 0 Å². The molecule has 0 fully saturated rings. The Bertz CT molecular complexity index is 786. The first-order valence-electron chi connectivity index (χ1n) is 6.98. The molecule has 0 spiro atoms. The van der Waals surface area contributed by atoms with E-state index >= 15 is 0 Å². The number of carboxylic acids is 1. The predicted octanol–water partition coefficient (Wildman–Crippen LogP) is -0.966. The molecule has 1 aromatic carbocycles. The van der Waals surface area contributed by atoms with Crippen LogP contribution in [0.25, 0.3) is 0 Å². The van der Waals surface area contributed by atoms with Gasteiger partial charge in [-0.1, -0.05) is 12.1 Å². The van der Waals surface area contributed by atoms with Gasteiger partial charge in [0.05, 0.1) is 12.0 Å². The van der Waals surface area contributed by atoms with Crippen molar-refractivity contribution in [3.63, 3.8) is 0 Å². The molecular weight excluding hydrogens is 300 g/mol. The van der Waals surface area contributed by atoms with E-state index < -0.39 is 5.97 Å². The number of anilines is 4. The first-order valence-corrected chi connectivity index (χ1v) is 6.98. The van der Waals surface area contributed by atoms with Gasteiger partial charge in [0.2, 0.25) is 5.95 Å². The first kappa shape index (κ1) is 14.7. The molecule has 0 bridgehead atoms. The van der Waals surface area contributed by atoms with Crippen molar-refractivity contribution in [2.45, 2.75) is 6.04 Å². The summed E-state index contributed by atoms with van der Waals surface area (Å²) in [5.41, 5.74) is 6.41. The third-order valence-electron chi connectivity index (χ3n) is 3.48. The SMILES string of the molecule is Nc1nc2c(c(=O)[nH]1)N[C@@H](CNc1ccc(C(=O)[O-])cc1)CN2. The van der Waals surface area contributed by atoms with Gasteiger partial charge in [0, 0.05) is 18.8 Å². The zero-order valence-corrected chi connectivity index (χ0v) is 12.1. The number of nitrogens with one attached hydrogen (secondary N) is 4. The van der Waals surface area contributed by atoms with Gasteiger partial charge in [-0.25, -0.2) is 0 Å². The van der Waals surface area contributed by atoms with Crippen molar-refractivity contribution in [1.82, 2.24) is 9.97 Å². The molecule has 1 aromatic heterocycles. The van der Waals surface area contributed by atoms with Gasteiger partial charge in [-0.2, -0.15) is 4.98 Å². The number of hydrogen-bond acceptors (Lipinski definition) is 8. The minimum absolute atomic E-state index is 0.0464. The predicted molar refractivity (Wildman–Crippen MR) is 84.4 cm³/mol. The molecule has 1 aliphatic rings. The summed E-state index contributed by atoms with van der Waals surface area (Å²) in [5, 5.41) is 20.0. The van der Waals surface area contributed by atoms with Crippen LogP contribution in [-0.2, 0) is 0 Å². The zero-order valence-electron chi connectivity index (χ0n) is 12.1. The topological polar surface area (TPSA) is 148 Å². The number of fused-ring (bicyclic) bond motifs is 1. The fraction of sp³-hybridized carbons (Fsp3) is 0.214. The van der Waals surface area contributed by atoms with Crippen LogP contribution in [0.4, 0.5) is 23.1 Å². The van der Waals surface area contributed by atoms with Crippen LogP contribution in [0.15, 0.2) is 29.1 Å². The number of aromatic carboxylic acids is 1. The Hall–Kier alpha value is -3.23. The Kier molecular flexibility index (Phi) is 3.75. The number of nitrogen functional groups attached to an aromatic ring is 1. The number of carbonyl (C=O) groups is 1. The fourth-order valence-corrected chi connectivity index (χ4v) is 2.32. The molecule has 9 nitrogen and oxygen atoms in total. The summed E-state index contributed by atoms with van der Waals surface area (Å²) >= 11 is 0. The quantitative estimate of drug-likeness (QED) is 0.484. The van der Waals surface area contributed by atoms with Gasteiger partial charge in [0.15, 0.2) is 5.82 Å². The minimum atomic E-state index is -1.21. The molecular formula is C14H15N6O3-. The van der Waals surface area contributed by atoms with Gasteiger partial charge < -0.3 is 31.6 Å². The van der Waals surface area contributed by atoms with Crippen LogP contribution in [0.3, 0.4) is 0 Å². The van der Waals surface area contributed by atoms with Crippen molar-refractivity contribution in [2.75, 3.05) is 34.8 Å². The fourth-order valence-electron chi connectivity index (χ4n) is 2.32. The highest BCUT2D eigenvalue weighted by molar-refractivity contribution is 5.86. The number of benzene rings is 1. The highest BCUT2D eigenvalue weighted by atomic mass is 16.4. The number of carboxylic acid groups (broad SMARTS) is 1. The highest BCUT2D eigenvalue weighted by Crippen LogP contribution is 2.20. The Labute approximate surface area is 130 Å². The number of hydrogen-bond donors (Lipinski definition) is 5. The molecule has 1 atom stereocenters. The molecule has 0 amide bonds. The lowest BCUT2D eigenvalue weighted by Crippen LogP contribution is -2.41. The van der Waals surface area contributed by atoms with Crippen molar-refractivity contribution in [2.24, 2.45) is 0 Å². The Morgan fingerprint density at radius 3 is 2.83 bits per heavy atom. The van der Waals surface area contributed by atoms with Crippen molar-refractivity contribution in [1.29, 1.82) is 0 Å². The average Bonchev–Trinajstić information content (AvgIpc) is 2.53. The Balaban J connectivity index is 1.64. The van der Waals surface area contributed by atoms with Crippen LogP contribution < -0.4 is 32.3 Å². The normalized spacial score (nSPS) is 15.9. The molecule has 9 heteroatoms. The van der Waals surface area contributed by atoms with E-state index in [0.29, 0.717) is 24.6 Å². The maximum Gasteiger partial charge on any atom is 0.277 e. The molecule has 0 saturated carbocycles. The molecule has 1 aliphatic heterocycles. The summed E-state index contributed by atoms with van der Waals surface area (Å²) < 4.78 is 0. The van der Waals surface area contributed by atoms with Crippen LogP contribution in [0.5, 0.6) is 0 Å². The summed E-state index contributed by atoms with van der Waals surface area (Å²) in [4.78, 5) is 29.0. The molecule has 6 N–H and O–H groups in total. The third kappa shape index (κ3) is 3.18. The number of rotatable bonds is 4. The second-order valence-electron chi connectivity index (χ2n) is 5.14. The van der Waals surface area contributed by atoms with Crippen LogP contribution in [0.2, 0.25) is 0 Å². The summed E-state index contributed by atoms with van der Waals surface area (Å²) in [5.74, 6) is -0.717. The van der Waals surface area contributed by atoms with E-state index in [1.165, 1.54) is 12.1 Å². The summed E-state index contributed by atoms with van der Waals surface area (Å²) in [7, 11) is 0. The van der Waals surface area contributed by atoms with Gasteiger partial charge in [-0.05, 0) is 17.7 Å². The summed E-state index contributed by atoms with van der Waals surface area (Å²) in [6.45, 7) is 1.09. The first-order chi connectivity index (χ1) is 11.0. The average molecular weight is 315 g/mol. The number of aromatic amines is 1. The van der Waals surface area contributed by atoms with E-state index in [0.717, 1.165) is 5.69 Å². The zero-order chi connectivity index (χ0) is 16.4. The monoisotopic (exact) mass is 315 g/mol. The number of H-pyrrole nitrogens is 1. The Morgan fingerprint density at radius 1 is 1.39 bits per heavy atom. The third-order valence-corrected chi connectivity index (χ3v) is 3.48. The molecule has 0 radical (unpaired) electrons. The van der Waals surface area contributed by atoms with Gasteiger partial charge in [0.1, 0.15) is 5.69 Å². The molecule has 0 saturated heterocycles. The molecule has 3 rings (SSSR count). The van der Waals surface area contributed by atoms with E-state index in [1.807, 2.05) is 0 Å². The number of aromatic nitrogens is 2. The van der Waals surface area contributed by atoms with Gasteiger partial charge >= 0.3 is 0 Å². The van der Waals surface area contributed by atoms with Crippen molar-refractivity contribution >= 4 is 29.1 Å². The smallest absolute Gasteiger partial charge is 0.277 e. The van der Waals surface area contributed by atoms with Crippen molar-refractivity contribution < 1.29 is 9.90 Å². The highest BCUT2D eigenvalue weighted by Gasteiger charge is 2.21. The van der Waals surface area contributed by atoms with Crippen LogP contribution in [-0.4, -0.2) is 35.1 Å². The second kappa shape index (κ2) is 5.87. The lowest BCUT2D eigenvalue weighted by Gasteiger charge is -2.27. The van der Waals surface area contributed by atoms with E-state index in [4.69, 9.17) is 5.73 Å². The van der Waals surface area contributed by atoms with E-state index in [-0.39, 0.29) is 23.1 Å². The lowest BCUT2D eigenvalue weighted by atomic mass is 10.2. The number of nitrogens with two attached hydrogens (primary N) is 1. The van der Waals surface area contributed by atoms with Crippen molar-refractivity contribution in [3.8, 4) is 0 Å². The maximum atomic E-state index is 11.8. The number of nitrogens with zero attached hydrogens (tertiary/aromatic N) is 1. The van der Waals surface area contributed by atoms with Gasteiger partial charge in [0.25, 0.3) is 5.56 Å². The largest absolute Gasteiger partial charge is 0.545 e. The molecule has 0 unspecified atom stereocenters. The maximum absolute atomic E-state index is 11.8. The van der Waals surface area contributed by atoms with Crippen LogP contribution in [0.1, 0.15) is 10.4 Å². The van der Waals surface area contributed by atoms with Crippen molar-refractivity contribution in [3.05, 3.63) is 40.2 Å². The lowest BCUT2D eigenvalue weighted by molar-refractivity contribution is -0.255. The Morgan fingerprint density at radius 2 is 2.13 bits per heavy atom. The molecule has 120 valence electrons. The van der Waals surface area contributed by atoms with Gasteiger partial charge in [-0.3, -0.25) is 9.78 Å². The molecule has 2 heterocycles. The molecule has 2 aromatic rings. The molecule has 23 heavy (non-hydrogen) atoms.